The first-order valence-corrected chi connectivity index (χ1v) is 17.5. The van der Waals surface area contributed by atoms with Crippen molar-refractivity contribution in [3.63, 3.8) is 0 Å². The van der Waals surface area contributed by atoms with Crippen LogP contribution in [-0.2, 0) is 14.0 Å². The summed E-state index contributed by atoms with van der Waals surface area (Å²) in [6.07, 6.45) is 2.37. The Labute approximate surface area is 207 Å². The summed E-state index contributed by atoms with van der Waals surface area (Å²) in [6.45, 7) is 30.1. The van der Waals surface area contributed by atoms with E-state index in [4.69, 9.17) is 9.16 Å². The smallest absolute Gasteiger partial charge is 0.314 e. The summed E-state index contributed by atoms with van der Waals surface area (Å²) in [6, 6.07) is 0. The van der Waals surface area contributed by atoms with E-state index < -0.39 is 16.4 Å². The van der Waals surface area contributed by atoms with Crippen LogP contribution >= 0.6 is 0 Å². The van der Waals surface area contributed by atoms with Gasteiger partial charge in [-0.2, -0.15) is 0 Å². The van der Waals surface area contributed by atoms with Crippen molar-refractivity contribution < 1.29 is 14.0 Å². The summed E-state index contributed by atoms with van der Waals surface area (Å²) < 4.78 is 12.5. The van der Waals surface area contributed by atoms with Gasteiger partial charge in [-0.05, 0) is 46.2 Å². The van der Waals surface area contributed by atoms with Crippen LogP contribution in [0.3, 0.4) is 0 Å². The van der Waals surface area contributed by atoms with Crippen molar-refractivity contribution >= 4 is 22.4 Å². The van der Waals surface area contributed by atoms with Crippen molar-refractivity contribution in [2.75, 3.05) is 6.61 Å². The molecule has 0 aromatic heterocycles. The molecule has 0 aromatic rings. The summed E-state index contributed by atoms with van der Waals surface area (Å²) in [4.78, 5) is 12.9. The van der Waals surface area contributed by atoms with E-state index in [-0.39, 0.29) is 18.0 Å². The van der Waals surface area contributed by atoms with E-state index in [1.165, 1.54) is 0 Å². The van der Waals surface area contributed by atoms with Gasteiger partial charge in [0.15, 0.2) is 0 Å². The van der Waals surface area contributed by atoms with E-state index in [0.717, 1.165) is 5.57 Å². The van der Waals surface area contributed by atoms with Crippen molar-refractivity contribution in [3.05, 3.63) is 11.6 Å². The van der Waals surface area contributed by atoms with Gasteiger partial charge < -0.3 is 9.16 Å². The summed E-state index contributed by atoms with van der Waals surface area (Å²) in [5, 5.41) is 0. The second-order valence-electron chi connectivity index (χ2n) is 12.0. The number of cyclic esters (lactones) is 1. The largest absolute Gasteiger partial charge is 0.455 e. The van der Waals surface area contributed by atoms with Crippen LogP contribution in [0.25, 0.3) is 0 Å². The van der Waals surface area contributed by atoms with Gasteiger partial charge in [0.05, 0.1) is 12.5 Å². The molecule has 1 heterocycles. The van der Waals surface area contributed by atoms with Gasteiger partial charge in [0.25, 0.3) is 0 Å². The normalized spacial score (nSPS) is 20.1. The predicted octanol–water partition coefficient (Wildman–Crippen LogP) is 8.28. The highest BCUT2D eigenvalue weighted by molar-refractivity contribution is 6.90. The Balaban J connectivity index is 3.03. The number of carbonyl (C=O) groups is 1. The molecule has 0 spiro atoms. The summed E-state index contributed by atoms with van der Waals surface area (Å²) in [5.41, 5.74) is 8.13. The predicted molar refractivity (Wildman–Crippen MR) is 148 cm³/mol. The summed E-state index contributed by atoms with van der Waals surface area (Å²) >= 11 is 0. The topological polar surface area (TPSA) is 35.5 Å². The monoisotopic (exact) mass is 492 g/mol. The molecule has 33 heavy (non-hydrogen) atoms. The average molecular weight is 493 g/mol. The third-order valence-corrected chi connectivity index (χ3v) is 20.7. The first-order chi connectivity index (χ1) is 15.1. The Hall–Kier alpha value is -0.836. The van der Waals surface area contributed by atoms with Crippen molar-refractivity contribution in [2.45, 2.75) is 136 Å². The highest BCUT2D eigenvalue weighted by Gasteiger charge is 2.46. The highest BCUT2D eigenvalue weighted by atomic mass is 28.4. The van der Waals surface area contributed by atoms with Crippen molar-refractivity contribution in [1.29, 1.82) is 0 Å². The fourth-order valence-corrected chi connectivity index (χ4v) is 17.4. The molecular weight excluding hydrogens is 440 g/mol. The van der Waals surface area contributed by atoms with Gasteiger partial charge >= 0.3 is 5.97 Å². The highest BCUT2D eigenvalue weighted by Crippen LogP contribution is 2.43. The zero-order chi connectivity index (χ0) is 25.7. The van der Waals surface area contributed by atoms with Crippen LogP contribution in [-0.4, -0.2) is 35.1 Å². The van der Waals surface area contributed by atoms with E-state index in [0.29, 0.717) is 46.3 Å². The van der Waals surface area contributed by atoms with E-state index in [1.54, 1.807) is 0 Å². The molecule has 0 radical (unpaired) electrons. The molecule has 0 aliphatic carbocycles. The zero-order valence-corrected chi connectivity index (χ0v) is 25.8. The number of hydrogen-bond acceptors (Lipinski definition) is 3. The molecule has 0 bridgehead atoms. The quantitative estimate of drug-likeness (QED) is 0.133. The molecule has 3 nitrogen and oxygen atoms in total. The molecule has 1 aliphatic heterocycles. The molecule has 0 aromatic carbocycles. The standard InChI is InChI=1S/C28H52O3Si2/c1-19(2)32(20(3)4,21(5)6)16-14-15-27-25(13)17-26(31-28(27)29)18-30-33(22(7)8,23(9)10)24(11)12/h17,19-24,26-27H,15,18H2,1-13H3/t26-,27?/m1/s1. The molecule has 1 unspecified atom stereocenters. The van der Waals surface area contributed by atoms with Crippen LogP contribution in [0.4, 0.5) is 0 Å². The molecule has 5 heteroatoms. The molecule has 0 amide bonds. The zero-order valence-electron chi connectivity index (χ0n) is 23.8. The van der Waals surface area contributed by atoms with Crippen LogP contribution in [0, 0.1) is 17.4 Å². The molecule has 1 aliphatic rings. The minimum atomic E-state index is -1.99. The van der Waals surface area contributed by atoms with Crippen LogP contribution < -0.4 is 0 Å². The molecule has 1 rings (SSSR count). The van der Waals surface area contributed by atoms with Gasteiger partial charge in [-0.15, -0.1) is 11.5 Å². The fourth-order valence-electron chi connectivity index (χ4n) is 6.65. The lowest BCUT2D eigenvalue weighted by atomic mass is 9.94. The maximum absolute atomic E-state index is 12.9. The number of rotatable bonds is 10. The molecule has 2 atom stereocenters. The first-order valence-electron chi connectivity index (χ1n) is 13.2. The lowest BCUT2D eigenvalue weighted by Crippen LogP contribution is -2.49. The lowest BCUT2D eigenvalue weighted by molar-refractivity contribution is -0.153. The van der Waals surface area contributed by atoms with Crippen molar-refractivity contribution in [2.24, 2.45) is 5.92 Å². The van der Waals surface area contributed by atoms with E-state index in [2.05, 4.69) is 108 Å². The Bertz CT molecular complexity index is 694. The number of hydrogen-bond donors (Lipinski definition) is 0. The Morgan fingerprint density at radius 3 is 1.67 bits per heavy atom. The Morgan fingerprint density at radius 2 is 1.30 bits per heavy atom. The summed E-state index contributed by atoms with van der Waals surface area (Å²) in [5.74, 6) is 3.06. The van der Waals surface area contributed by atoms with Crippen molar-refractivity contribution in [1.82, 2.24) is 0 Å². The average Bonchev–Trinajstić information content (AvgIpc) is 2.65. The fraction of sp³-hybridized carbons (Fsp3) is 0.821. The number of carbonyl (C=O) groups excluding carboxylic acids is 1. The van der Waals surface area contributed by atoms with Crippen molar-refractivity contribution in [3.8, 4) is 11.5 Å². The number of esters is 1. The van der Waals surface area contributed by atoms with Gasteiger partial charge in [0, 0.05) is 6.42 Å². The van der Waals surface area contributed by atoms with Crippen LogP contribution in [0.5, 0.6) is 0 Å². The molecular formula is C28H52O3Si2. The summed E-state index contributed by atoms with van der Waals surface area (Å²) in [7, 11) is -3.77. The maximum Gasteiger partial charge on any atom is 0.314 e. The second-order valence-corrected chi connectivity index (χ2v) is 23.0. The van der Waals surface area contributed by atoms with Gasteiger partial charge in [-0.3, -0.25) is 4.79 Å². The van der Waals surface area contributed by atoms with E-state index in [9.17, 15) is 4.79 Å². The van der Waals surface area contributed by atoms with E-state index >= 15 is 0 Å². The Kier molecular flexibility index (Phi) is 11.2. The third-order valence-electron chi connectivity index (χ3n) is 8.23. The first kappa shape index (κ1) is 30.2. The molecule has 0 fully saturated rings. The molecule has 0 N–H and O–H groups in total. The Morgan fingerprint density at radius 1 is 0.848 bits per heavy atom. The minimum absolute atomic E-state index is 0.144. The van der Waals surface area contributed by atoms with Gasteiger partial charge in [-0.25, -0.2) is 0 Å². The van der Waals surface area contributed by atoms with Crippen LogP contribution in [0.15, 0.2) is 11.6 Å². The molecule has 190 valence electrons. The molecule has 0 saturated carbocycles. The third kappa shape index (κ3) is 6.44. The SMILES string of the molecule is CC1=C[C@H](CO[Si](C(C)C)(C(C)C)C(C)C)OC(=O)C1CC#C[Si](C(C)C)(C(C)C)C(C)C. The lowest BCUT2D eigenvalue weighted by Gasteiger charge is -2.43. The van der Waals surface area contributed by atoms with Crippen LogP contribution in [0.1, 0.15) is 96.4 Å². The molecule has 0 saturated heterocycles. The van der Waals surface area contributed by atoms with Crippen LogP contribution in [0.2, 0.25) is 33.2 Å². The van der Waals surface area contributed by atoms with Gasteiger partial charge in [0.2, 0.25) is 8.32 Å². The maximum atomic E-state index is 12.9. The van der Waals surface area contributed by atoms with Gasteiger partial charge in [-0.1, -0.05) is 88.7 Å². The second kappa shape index (κ2) is 12.2. The number of ether oxygens (including phenoxy) is 1. The minimum Gasteiger partial charge on any atom is -0.455 e. The van der Waals surface area contributed by atoms with Gasteiger partial charge in [0.1, 0.15) is 14.2 Å². The van der Waals surface area contributed by atoms with E-state index in [1.807, 2.05) is 0 Å².